The lowest BCUT2D eigenvalue weighted by atomic mass is 10.0. The highest BCUT2D eigenvalue weighted by Crippen LogP contribution is 2.48. The maximum absolute atomic E-state index is 13.6. The second kappa shape index (κ2) is 39.2. The summed E-state index contributed by atoms with van der Waals surface area (Å²) < 4.78 is 28.1. The van der Waals surface area contributed by atoms with E-state index in [0.717, 1.165) is 158 Å². The molecular weight excluding hydrogens is 1260 g/mol. The first-order valence-corrected chi connectivity index (χ1v) is 38.3. The molecule has 0 aliphatic carbocycles. The molecule has 0 saturated heterocycles. The summed E-state index contributed by atoms with van der Waals surface area (Å²) in [6.45, 7) is 11.3. The normalized spacial score (nSPS) is 11.5. The number of amides is 1. The number of aromatic amines is 2. The van der Waals surface area contributed by atoms with Crippen LogP contribution in [0, 0.1) is 11.8 Å². The first kappa shape index (κ1) is 73.2. The summed E-state index contributed by atoms with van der Waals surface area (Å²) >= 11 is 0. The summed E-state index contributed by atoms with van der Waals surface area (Å²) in [6, 6.07) is 59.1. The largest absolute Gasteiger partial charge is 0.493 e. The van der Waals surface area contributed by atoms with E-state index in [4.69, 9.17) is 28.9 Å². The molecule has 5 heterocycles. The quantitative estimate of drug-likeness (QED) is 0.0257. The second-order valence-electron chi connectivity index (χ2n) is 26.9. The van der Waals surface area contributed by atoms with E-state index < -0.39 is 0 Å². The molecule has 0 spiro atoms. The number of fused-ring (bicyclic) bond motifs is 8. The number of nitrogens with one attached hydrogen (secondary N) is 3. The SMILES string of the molecule is CCCCCCCCOc1cccc(OCCCCCCCC)c1-c1c2nc(c(N(c3ccccc3)c3ccccc3)c3ccc([nH]3)c(-c3c(OCCCCCCCC)cccc3OCCCCCCCC)c3nc(c(C#Cc4ccc(C(=O)Nc5ccccc5)cc4)c4ccc1[nH]4)C=C3)C=C2. The van der Waals surface area contributed by atoms with Crippen molar-refractivity contribution in [2.75, 3.05) is 36.6 Å². The molecule has 0 unspecified atom stereocenters. The van der Waals surface area contributed by atoms with Crippen molar-refractivity contribution in [2.24, 2.45) is 0 Å². The van der Waals surface area contributed by atoms with Crippen LogP contribution in [0.2, 0.25) is 0 Å². The average Bonchev–Trinajstić information content (AvgIpc) is 1.58. The second-order valence-corrected chi connectivity index (χ2v) is 26.9. The molecule has 3 N–H and O–H groups in total. The summed E-state index contributed by atoms with van der Waals surface area (Å²) in [5, 5.41) is 3.02. The van der Waals surface area contributed by atoms with Crippen LogP contribution in [0.1, 0.15) is 226 Å². The van der Waals surface area contributed by atoms with Crippen molar-refractivity contribution < 1.29 is 23.7 Å². The van der Waals surface area contributed by atoms with E-state index in [1.807, 2.05) is 54.6 Å². The van der Waals surface area contributed by atoms with Crippen LogP contribution >= 0.6 is 0 Å². The lowest BCUT2D eigenvalue weighted by Crippen LogP contribution is -2.11. The van der Waals surface area contributed by atoms with Gasteiger partial charge >= 0.3 is 0 Å². The maximum atomic E-state index is 13.6. The topological polar surface area (TPSA) is 127 Å². The molecule has 9 aromatic rings. The van der Waals surface area contributed by atoms with Crippen LogP contribution in [-0.4, -0.2) is 52.3 Å². The third-order valence-corrected chi connectivity index (χ3v) is 19.0. The van der Waals surface area contributed by atoms with E-state index in [-0.39, 0.29) is 5.91 Å². The Morgan fingerprint density at radius 2 is 0.735 bits per heavy atom. The number of anilines is 4. The molecule has 11 heteroatoms. The van der Waals surface area contributed by atoms with Crippen LogP contribution in [0.15, 0.2) is 176 Å². The number of unbranched alkanes of at least 4 members (excludes halogenated alkanes) is 20. The van der Waals surface area contributed by atoms with Crippen LogP contribution in [-0.2, 0) is 0 Å². The van der Waals surface area contributed by atoms with E-state index in [0.29, 0.717) is 48.9 Å². The summed E-state index contributed by atoms with van der Waals surface area (Å²) in [5.41, 5.74) is 14.7. The Morgan fingerprint density at radius 1 is 0.363 bits per heavy atom. The highest BCUT2D eigenvalue weighted by Gasteiger charge is 2.27. The Balaban J connectivity index is 1.18. The van der Waals surface area contributed by atoms with Crippen molar-refractivity contribution in [1.82, 2.24) is 19.9 Å². The van der Waals surface area contributed by atoms with Gasteiger partial charge in [0.05, 0.1) is 82.6 Å². The molecule has 0 fully saturated rings. The zero-order valence-electron chi connectivity index (χ0n) is 60.7. The predicted molar refractivity (Wildman–Crippen MR) is 427 cm³/mol. The number of carbonyl (C=O) groups is 1. The van der Waals surface area contributed by atoms with Crippen molar-refractivity contribution in [3.63, 3.8) is 0 Å². The fraction of sp³-hybridized carbons (Fsp3) is 0.352. The van der Waals surface area contributed by atoms with Crippen LogP contribution in [0.25, 0.3) is 68.6 Å². The lowest BCUT2D eigenvalue weighted by Gasteiger charge is -2.26. The minimum Gasteiger partial charge on any atom is -0.493 e. The Morgan fingerprint density at radius 3 is 1.19 bits per heavy atom. The van der Waals surface area contributed by atoms with E-state index in [1.54, 1.807) is 0 Å². The molecule has 8 bridgehead atoms. The third kappa shape index (κ3) is 19.9. The average molecular weight is 1360 g/mol. The molecule has 2 aliphatic heterocycles. The van der Waals surface area contributed by atoms with Crippen LogP contribution in [0.3, 0.4) is 0 Å². The first-order valence-electron chi connectivity index (χ1n) is 38.3. The summed E-state index contributed by atoms with van der Waals surface area (Å²) in [6.07, 6.45) is 35.9. The van der Waals surface area contributed by atoms with Crippen LogP contribution in [0.5, 0.6) is 23.0 Å². The number of nitrogens with zero attached hydrogens (tertiary/aromatic N) is 3. The zero-order chi connectivity index (χ0) is 70.3. The molecule has 0 saturated carbocycles. The fourth-order valence-corrected chi connectivity index (χ4v) is 13.5. The molecule has 6 aromatic carbocycles. The summed E-state index contributed by atoms with van der Waals surface area (Å²) in [4.78, 5) is 35.5. The lowest BCUT2D eigenvalue weighted by molar-refractivity contribution is 0.102. The number of H-pyrrole nitrogens is 2. The Bertz CT molecular complexity index is 4230. The van der Waals surface area contributed by atoms with Gasteiger partial charge in [0, 0.05) is 50.3 Å². The van der Waals surface area contributed by atoms with Gasteiger partial charge in [0.2, 0.25) is 0 Å². The molecule has 11 nitrogen and oxygen atoms in total. The van der Waals surface area contributed by atoms with Crippen molar-refractivity contribution in [3.8, 4) is 57.1 Å². The van der Waals surface area contributed by atoms with Gasteiger partial charge in [-0.3, -0.25) is 4.79 Å². The van der Waals surface area contributed by atoms with Crippen molar-refractivity contribution in [3.05, 3.63) is 215 Å². The number of carbonyl (C=O) groups excluding carboxylic acids is 1. The van der Waals surface area contributed by atoms with Crippen molar-refractivity contribution >= 4 is 75.0 Å². The fourth-order valence-electron chi connectivity index (χ4n) is 13.5. The van der Waals surface area contributed by atoms with Crippen molar-refractivity contribution in [1.29, 1.82) is 0 Å². The standard InChI is InChI=1S/C91H104N6O5/c1-5-9-13-17-21-34-64-99-82-46-38-47-83(100-65-35-22-18-14-10-6-2)88(82)86-76-58-56-74(93-76)73(55-52-68-50-53-69(54-51-68)91(98)92-70-40-28-25-29-41-70)75-57-59-77(94-75)87(89-84(101-66-36-23-19-15-11-7-3)48-39-49-85(89)102-67-37-24-20-16-12-8-4)79-61-63-81(96-79)90(80-62-60-78(86)95-80)97(71-42-30-26-31-43-71)72-44-32-27-33-45-72/h25-33,38-51,53-54,56-63,93,96H,5-24,34-37,64-67H2,1-4H3,(H,92,98). The smallest absolute Gasteiger partial charge is 0.255 e. The molecule has 102 heavy (non-hydrogen) atoms. The van der Waals surface area contributed by atoms with Crippen LogP contribution in [0.4, 0.5) is 22.7 Å². The Labute approximate surface area is 606 Å². The van der Waals surface area contributed by atoms with Gasteiger partial charge in [-0.05, 0) is 159 Å². The van der Waals surface area contributed by atoms with Gasteiger partial charge in [-0.25, -0.2) is 9.97 Å². The maximum Gasteiger partial charge on any atom is 0.255 e. The highest BCUT2D eigenvalue weighted by atomic mass is 16.5. The van der Waals surface area contributed by atoms with E-state index >= 15 is 0 Å². The van der Waals surface area contributed by atoms with Gasteiger partial charge in [0.15, 0.2) is 0 Å². The molecule has 0 radical (unpaired) electrons. The minimum absolute atomic E-state index is 0.200. The minimum atomic E-state index is -0.200. The number of benzene rings is 6. The molecule has 528 valence electrons. The molecule has 3 aromatic heterocycles. The van der Waals surface area contributed by atoms with Crippen molar-refractivity contribution in [2.45, 2.75) is 182 Å². The molecule has 1 amide bonds. The summed E-state index contributed by atoms with van der Waals surface area (Å²) in [7, 11) is 0. The number of ether oxygens (including phenoxy) is 4. The highest BCUT2D eigenvalue weighted by molar-refractivity contribution is 6.05. The molecular formula is C91H104N6O5. The van der Waals surface area contributed by atoms with E-state index in [2.05, 4.69) is 205 Å². The van der Waals surface area contributed by atoms with Gasteiger partial charge in [0.25, 0.3) is 5.91 Å². The number of hydrogen-bond acceptors (Lipinski definition) is 8. The number of rotatable bonds is 39. The Kier molecular flexibility index (Phi) is 28.1. The van der Waals surface area contributed by atoms with E-state index in [9.17, 15) is 4.79 Å². The number of para-hydroxylation sites is 3. The number of aromatic nitrogens is 4. The molecule has 11 rings (SSSR count). The summed E-state index contributed by atoms with van der Waals surface area (Å²) in [5.74, 6) is 9.89. The van der Waals surface area contributed by atoms with Gasteiger partial charge in [-0.1, -0.05) is 235 Å². The zero-order valence-corrected chi connectivity index (χ0v) is 60.7. The molecule has 2 aliphatic rings. The molecule has 0 atom stereocenters. The van der Waals surface area contributed by atoms with Crippen LogP contribution < -0.4 is 29.2 Å². The van der Waals surface area contributed by atoms with Gasteiger partial charge in [-0.2, -0.15) is 0 Å². The van der Waals surface area contributed by atoms with Gasteiger partial charge in [-0.15, -0.1) is 0 Å². The first-order chi connectivity index (χ1) is 50.4. The van der Waals surface area contributed by atoms with Gasteiger partial charge in [0.1, 0.15) is 23.0 Å². The third-order valence-electron chi connectivity index (χ3n) is 19.0. The number of hydrogen-bond donors (Lipinski definition) is 3. The Hall–Kier alpha value is -10.1. The van der Waals surface area contributed by atoms with Gasteiger partial charge < -0.3 is 39.1 Å². The predicted octanol–water partition coefficient (Wildman–Crippen LogP) is 25.1. The monoisotopic (exact) mass is 1360 g/mol. The van der Waals surface area contributed by atoms with E-state index in [1.165, 1.54) is 103 Å².